The Morgan fingerprint density at radius 1 is 1.05 bits per heavy atom. The Balaban J connectivity index is 2.74. The minimum absolute atomic E-state index is 0.125. The number of nitrogens with one attached hydrogen (secondary N) is 1. The van der Waals surface area contributed by atoms with Gasteiger partial charge in [0.15, 0.2) is 0 Å². The first kappa shape index (κ1) is 18.0. The highest BCUT2D eigenvalue weighted by Crippen LogP contribution is 2.38. The lowest BCUT2D eigenvalue weighted by Gasteiger charge is -2.30. The molecule has 1 aromatic rings. The summed E-state index contributed by atoms with van der Waals surface area (Å²) in [5.74, 6) is -0.170. The van der Waals surface area contributed by atoms with E-state index in [2.05, 4.69) is 48.3 Å². The van der Waals surface area contributed by atoms with Crippen molar-refractivity contribution in [2.45, 2.75) is 84.0 Å². The van der Waals surface area contributed by atoms with Crippen molar-refractivity contribution in [3.63, 3.8) is 0 Å². The molecular weight excluding hydrogens is 364 g/mol. The van der Waals surface area contributed by atoms with Crippen molar-refractivity contribution in [2.75, 3.05) is 0 Å². The molecule has 1 unspecified atom stereocenters. The fourth-order valence-corrected chi connectivity index (χ4v) is 3.88. The Labute approximate surface area is 137 Å². The van der Waals surface area contributed by atoms with Gasteiger partial charge in [0.05, 0.1) is 3.57 Å². The Bertz CT molecular complexity index is 388. The predicted molar refractivity (Wildman–Crippen MR) is 93.7 cm³/mol. The Kier molecular flexibility index (Phi) is 8.15. The van der Waals surface area contributed by atoms with Crippen LogP contribution in [0, 0.1) is 9.52 Å². The van der Waals surface area contributed by atoms with Crippen molar-refractivity contribution < 1.29 is 4.39 Å². The molecule has 1 N–H and O–H groups in total. The average molecular weight is 393 g/mol. The van der Waals surface area contributed by atoms with Crippen LogP contribution in [0.15, 0.2) is 6.20 Å². The average Bonchev–Trinajstić information content (AvgIpc) is 2.76. The van der Waals surface area contributed by atoms with E-state index in [0.29, 0.717) is 0 Å². The molecule has 0 aromatic carbocycles. The van der Waals surface area contributed by atoms with Crippen LogP contribution in [-0.2, 0) is 5.41 Å². The molecule has 0 saturated heterocycles. The molecule has 0 radical (unpaired) electrons. The Morgan fingerprint density at radius 3 is 2.10 bits per heavy atom. The highest BCUT2D eigenvalue weighted by molar-refractivity contribution is 14.1. The first-order valence-electron chi connectivity index (χ1n) is 8.08. The van der Waals surface area contributed by atoms with Crippen LogP contribution in [0.4, 0.5) is 4.39 Å². The SMILES string of the molecule is CCCCCCC(C)(CCCCC)c1c[nH]c(F)c1I. The van der Waals surface area contributed by atoms with E-state index < -0.39 is 0 Å². The zero-order valence-corrected chi connectivity index (χ0v) is 15.4. The summed E-state index contributed by atoms with van der Waals surface area (Å²) in [6.07, 6.45) is 13.1. The smallest absolute Gasteiger partial charge is 0.204 e. The third kappa shape index (κ3) is 5.05. The van der Waals surface area contributed by atoms with Crippen LogP contribution in [0.25, 0.3) is 0 Å². The maximum absolute atomic E-state index is 13.6. The molecule has 0 bridgehead atoms. The number of H-pyrrole nitrogens is 1. The van der Waals surface area contributed by atoms with E-state index in [4.69, 9.17) is 0 Å². The predicted octanol–water partition coefficient (Wildman–Crippen LogP) is 6.57. The van der Waals surface area contributed by atoms with E-state index in [-0.39, 0.29) is 11.4 Å². The third-order valence-electron chi connectivity index (χ3n) is 4.34. The number of aromatic amines is 1. The summed E-state index contributed by atoms with van der Waals surface area (Å²) in [6.45, 7) is 6.79. The topological polar surface area (TPSA) is 15.8 Å². The highest BCUT2D eigenvalue weighted by atomic mass is 127. The number of unbranched alkanes of at least 4 members (excludes halogenated alkanes) is 5. The molecule has 0 amide bonds. The second-order valence-electron chi connectivity index (χ2n) is 6.16. The van der Waals surface area contributed by atoms with Crippen LogP contribution in [-0.4, -0.2) is 4.98 Å². The van der Waals surface area contributed by atoms with Crippen molar-refractivity contribution in [3.05, 3.63) is 21.3 Å². The Morgan fingerprint density at radius 2 is 1.60 bits per heavy atom. The molecule has 1 nitrogen and oxygen atoms in total. The van der Waals surface area contributed by atoms with Gasteiger partial charge in [-0.05, 0) is 46.4 Å². The summed E-state index contributed by atoms with van der Waals surface area (Å²) in [6, 6.07) is 0. The second kappa shape index (κ2) is 9.06. The largest absolute Gasteiger partial charge is 0.337 e. The molecule has 1 rings (SSSR count). The molecule has 0 fully saturated rings. The van der Waals surface area contributed by atoms with Crippen molar-refractivity contribution >= 4 is 22.6 Å². The standard InChI is InChI=1S/C17H29FIN/c1-4-6-8-10-12-17(3,11-9-7-5-2)14-13-20-16(18)15(14)19/h13,20H,4-12H2,1-3H3. The monoisotopic (exact) mass is 393 g/mol. The molecule has 3 heteroatoms. The number of aromatic nitrogens is 1. The molecular formula is C17H29FIN. The maximum atomic E-state index is 13.6. The fourth-order valence-electron chi connectivity index (χ4n) is 2.92. The van der Waals surface area contributed by atoms with Gasteiger partial charge in [-0.15, -0.1) is 0 Å². The summed E-state index contributed by atoms with van der Waals surface area (Å²) in [4.78, 5) is 2.76. The van der Waals surface area contributed by atoms with E-state index in [1.807, 2.05) is 6.20 Å². The summed E-state index contributed by atoms with van der Waals surface area (Å²) in [5, 5.41) is 0. The van der Waals surface area contributed by atoms with Gasteiger partial charge in [0.2, 0.25) is 5.95 Å². The van der Waals surface area contributed by atoms with E-state index in [0.717, 1.165) is 3.57 Å². The molecule has 0 aliphatic rings. The molecule has 116 valence electrons. The van der Waals surface area contributed by atoms with Crippen LogP contribution in [0.3, 0.4) is 0 Å². The second-order valence-corrected chi connectivity index (χ2v) is 7.24. The molecule has 0 aliphatic carbocycles. The number of hydrogen-bond acceptors (Lipinski definition) is 0. The van der Waals surface area contributed by atoms with Crippen LogP contribution in [0.2, 0.25) is 0 Å². The molecule has 1 atom stereocenters. The summed E-state index contributed by atoms with van der Waals surface area (Å²) < 4.78 is 14.4. The normalized spacial score (nSPS) is 14.4. The van der Waals surface area contributed by atoms with Gasteiger partial charge < -0.3 is 4.98 Å². The molecule has 0 saturated carbocycles. The van der Waals surface area contributed by atoms with E-state index in [9.17, 15) is 4.39 Å². The summed E-state index contributed by atoms with van der Waals surface area (Å²) in [5.41, 5.74) is 1.31. The number of halogens is 2. The van der Waals surface area contributed by atoms with Gasteiger partial charge in [-0.1, -0.05) is 65.7 Å². The lowest BCUT2D eigenvalue weighted by Crippen LogP contribution is -2.22. The Hall–Kier alpha value is -0.0600. The van der Waals surface area contributed by atoms with Crippen LogP contribution >= 0.6 is 22.6 Å². The highest BCUT2D eigenvalue weighted by Gasteiger charge is 2.29. The lowest BCUT2D eigenvalue weighted by atomic mass is 9.75. The van der Waals surface area contributed by atoms with Crippen LogP contribution in [0.1, 0.15) is 84.1 Å². The van der Waals surface area contributed by atoms with Crippen molar-refractivity contribution in [2.24, 2.45) is 0 Å². The quantitative estimate of drug-likeness (QED) is 0.342. The molecule has 0 spiro atoms. The molecule has 1 heterocycles. The summed E-state index contributed by atoms with van der Waals surface area (Å²) in [7, 11) is 0. The molecule has 0 aliphatic heterocycles. The minimum atomic E-state index is -0.170. The zero-order valence-electron chi connectivity index (χ0n) is 13.2. The number of hydrogen-bond donors (Lipinski definition) is 1. The van der Waals surface area contributed by atoms with Crippen LogP contribution < -0.4 is 0 Å². The van der Waals surface area contributed by atoms with Gasteiger partial charge in [-0.25, -0.2) is 0 Å². The van der Waals surface area contributed by atoms with E-state index in [1.54, 1.807) is 0 Å². The van der Waals surface area contributed by atoms with Crippen molar-refractivity contribution in [1.82, 2.24) is 4.98 Å². The molecule has 1 aromatic heterocycles. The van der Waals surface area contributed by atoms with Gasteiger partial charge in [-0.3, -0.25) is 0 Å². The first-order chi connectivity index (χ1) is 9.55. The fraction of sp³-hybridized carbons (Fsp3) is 0.765. The van der Waals surface area contributed by atoms with E-state index >= 15 is 0 Å². The zero-order chi connectivity index (χ0) is 15.0. The third-order valence-corrected chi connectivity index (χ3v) is 5.39. The summed E-state index contributed by atoms with van der Waals surface area (Å²) >= 11 is 2.15. The van der Waals surface area contributed by atoms with Gasteiger partial charge >= 0.3 is 0 Å². The maximum Gasteiger partial charge on any atom is 0.204 e. The van der Waals surface area contributed by atoms with Gasteiger partial charge in [0, 0.05) is 6.20 Å². The van der Waals surface area contributed by atoms with Gasteiger partial charge in [-0.2, -0.15) is 4.39 Å². The van der Waals surface area contributed by atoms with Gasteiger partial charge in [0.25, 0.3) is 0 Å². The number of rotatable bonds is 10. The van der Waals surface area contributed by atoms with Crippen molar-refractivity contribution in [1.29, 1.82) is 0 Å². The van der Waals surface area contributed by atoms with E-state index in [1.165, 1.54) is 63.4 Å². The first-order valence-corrected chi connectivity index (χ1v) is 9.16. The molecule has 20 heavy (non-hydrogen) atoms. The lowest BCUT2D eigenvalue weighted by molar-refractivity contribution is 0.364. The van der Waals surface area contributed by atoms with Gasteiger partial charge in [0.1, 0.15) is 0 Å². The van der Waals surface area contributed by atoms with Crippen molar-refractivity contribution in [3.8, 4) is 0 Å². The van der Waals surface area contributed by atoms with Crippen LogP contribution in [0.5, 0.6) is 0 Å². The minimum Gasteiger partial charge on any atom is -0.337 e.